The zero-order valence-corrected chi connectivity index (χ0v) is 12.1. The van der Waals surface area contributed by atoms with E-state index in [9.17, 15) is 5.11 Å². The first-order valence-electron chi connectivity index (χ1n) is 7.25. The molecule has 100 valence electrons. The molecular formula is C16H24OS. The Kier molecular flexibility index (Phi) is 5.45. The highest BCUT2D eigenvalue weighted by Gasteiger charge is 2.11. The molecule has 0 bridgehead atoms. The van der Waals surface area contributed by atoms with Gasteiger partial charge in [0, 0.05) is 9.75 Å². The summed E-state index contributed by atoms with van der Waals surface area (Å²) in [4.78, 5) is 2.39. The quantitative estimate of drug-likeness (QED) is 0.777. The fraction of sp³-hybridized carbons (Fsp3) is 0.625. The summed E-state index contributed by atoms with van der Waals surface area (Å²) in [6, 6.07) is 4.21. The third kappa shape index (κ3) is 3.96. The Bertz CT molecular complexity index is 374. The number of allylic oxidation sites excluding steroid dienone is 1. The van der Waals surface area contributed by atoms with Crippen molar-refractivity contribution in [2.75, 3.05) is 0 Å². The molecule has 1 aliphatic rings. The molecule has 0 spiro atoms. The number of hydrogen-bond donors (Lipinski definition) is 1. The molecule has 1 atom stereocenters. The molecule has 0 aromatic carbocycles. The van der Waals surface area contributed by atoms with Crippen molar-refractivity contribution < 1.29 is 5.11 Å². The van der Waals surface area contributed by atoms with Gasteiger partial charge in [-0.25, -0.2) is 0 Å². The fourth-order valence-electron chi connectivity index (χ4n) is 2.61. The van der Waals surface area contributed by atoms with Gasteiger partial charge < -0.3 is 5.11 Å². The molecule has 0 radical (unpaired) electrons. The number of aliphatic hydroxyl groups is 1. The van der Waals surface area contributed by atoms with Crippen molar-refractivity contribution >= 4 is 17.4 Å². The average Bonchev–Trinajstić information content (AvgIpc) is 2.87. The Morgan fingerprint density at radius 3 is 2.83 bits per heavy atom. The molecule has 1 nitrogen and oxygen atoms in total. The van der Waals surface area contributed by atoms with Crippen molar-refractivity contribution in [2.24, 2.45) is 5.92 Å². The van der Waals surface area contributed by atoms with Gasteiger partial charge in [-0.15, -0.1) is 11.3 Å². The first-order chi connectivity index (χ1) is 8.79. The molecule has 1 saturated carbocycles. The number of thiophene rings is 1. The van der Waals surface area contributed by atoms with E-state index in [1.165, 1.54) is 37.0 Å². The number of aliphatic hydroxyl groups excluding tert-OH is 1. The molecule has 0 amide bonds. The topological polar surface area (TPSA) is 20.2 Å². The molecule has 1 N–H and O–H groups in total. The van der Waals surface area contributed by atoms with E-state index in [2.05, 4.69) is 31.2 Å². The highest BCUT2D eigenvalue weighted by molar-refractivity contribution is 7.12. The van der Waals surface area contributed by atoms with E-state index in [-0.39, 0.29) is 6.10 Å². The van der Waals surface area contributed by atoms with Crippen molar-refractivity contribution in [3.8, 4) is 0 Å². The lowest BCUT2D eigenvalue weighted by atomic mass is 9.89. The Hall–Kier alpha value is -0.600. The fourth-order valence-corrected chi connectivity index (χ4v) is 3.56. The lowest BCUT2D eigenvalue weighted by Gasteiger charge is -2.17. The molecule has 1 aliphatic carbocycles. The first kappa shape index (κ1) is 13.8. The van der Waals surface area contributed by atoms with Crippen LogP contribution in [0.3, 0.4) is 0 Å². The van der Waals surface area contributed by atoms with Crippen LogP contribution in [0.25, 0.3) is 6.08 Å². The Morgan fingerprint density at radius 1 is 1.33 bits per heavy atom. The van der Waals surface area contributed by atoms with Crippen LogP contribution in [0.2, 0.25) is 0 Å². The summed E-state index contributed by atoms with van der Waals surface area (Å²) >= 11 is 1.73. The maximum Gasteiger partial charge on any atom is 0.0882 e. The van der Waals surface area contributed by atoms with Crippen LogP contribution in [0.15, 0.2) is 18.2 Å². The van der Waals surface area contributed by atoms with Gasteiger partial charge in [0.05, 0.1) is 6.10 Å². The smallest absolute Gasteiger partial charge is 0.0882 e. The predicted molar refractivity (Wildman–Crippen MR) is 79.8 cm³/mol. The molecule has 1 heterocycles. The highest BCUT2D eigenvalue weighted by Crippen LogP contribution is 2.29. The third-order valence-corrected chi connectivity index (χ3v) is 4.87. The lowest BCUT2D eigenvalue weighted by Crippen LogP contribution is -2.02. The molecule has 2 rings (SSSR count). The van der Waals surface area contributed by atoms with Gasteiger partial charge in [-0.2, -0.15) is 0 Å². The monoisotopic (exact) mass is 264 g/mol. The predicted octanol–water partition coefficient (Wildman–Crippen LogP) is 5.18. The second-order valence-electron chi connectivity index (χ2n) is 5.30. The van der Waals surface area contributed by atoms with E-state index in [4.69, 9.17) is 0 Å². The zero-order valence-electron chi connectivity index (χ0n) is 11.3. The molecule has 1 aromatic rings. The molecule has 0 saturated heterocycles. The van der Waals surface area contributed by atoms with Crippen molar-refractivity contribution in [3.05, 3.63) is 28.0 Å². The van der Waals surface area contributed by atoms with Crippen LogP contribution in [0.5, 0.6) is 0 Å². The summed E-state index contributed by atoms with van der Waals surface area (Å²) in [5.41, 5.74) is 0. The van der Waals surface area contributed by atoms with Crippen molar-refractivity contribution in [1.29, 1.82) is 0 Å². The summed E-state index contributed by atoms with van der Waals surface area (Å²) in [6.45, 7) is 2.11. The molecule has 18 heavy (non-hydrogen) atoms. The van der Waals surface area contributed by atoms with E-state index in [0.717, 1.165) is 23.6 Å². The van der Waals surface area contributed by atoms with Crippen LogP contribution < -0.4 is 0 Å². The molecule has 2 heteroatoms. The van der Waals surface area contributed by atoms with Gasteiger partial charge in [-0.1, -0.05) is 38.7 Å². The van der Waals surface area contributed by atoms with Crippen molar-refractivity contribution in [2.45, 2.75) is 58.0 Å². The minimum Gasteiger partial charge on any atom is -0.388 e. The van der Waals surface area contributed by atoms with Crippen LogP contribution in [-0.4, -0.2) is 5.11 Å². The minimum absolute atomic E-state index is 0.267. The SMILES string of the molecule is CCCC(O)c1ccc(/C=C/C2CCCCC2)s1. The first-order valence-corrected chi connectivity index (χ1v) is 8.07. The Labute approximate surface area is 115 Å². The van der Waals surface area contributed by atoms with Gasteiger partial charge in [-0.05, 0) is 43.4 Å². The summed E-state index contributed by atoms with van der Waals surface area (Å²) < 4.78 is 0. The third-order valence-electron chi connectivity index (χ3n) is 3.72. The summed E-state index contributed by atoms with van der Waals surface area (Å²) in [7, 11) is 0. The lowest BCUT2D eigenvalue weighted by molar-refractivity contribution is 0.170. The van der Waals surface area contributed by atoms with E-state index in [1.54, 1.807) is 11.3 Å². The Balaban J connectivity index is 1.91. The minimum atomic E-state index is -0.267. The maximum absolute atomic E-state index is 9.94. The van der Waals surface area contributed by atoms with Gasteiger partial charge in [0.2, 0.25) is 0 Å². The van der Waals surface area contributed by atoms with Crippen LogP contribution in [0.1, 0.15) is 67.7 Å². The van der Waals surface area contributed by atoms with Crippen LogP contribution in [-0.2, 0) is 0 Å². The van der Waals surface area contributed by atoms with Crippen molar-refractivity contribution in [1.82, 2.24) is 0 Å². The molecule has 0 aliphatic heterocycles. The normalized spacial score (nSPS) is 19.4. The van der Waals surface area contributed by atoms with E-state index in [1.807, 2.05) is 0 Å². The van der Waals surface area contributed by atoms with Gasteiger partial charge in [0.25, 0.3) is 0 Å². The summed E-state index contributed by atoms with van der Waals surface area (Å²) in [5.74, 6) is 0.782. The van der Waals surface area contributed by atoms with Crippen molar-refractivity contribution in [3.63, 3.8) is 0 Å². The van der Waals surface area contributed by atoms with E-state index < -0.39 is 0 Å². The standard InChI is InChI=1S/C16H24OS/c1-2-6-15(17)16-12-11-14(18-16)10-9-13-7-4-3-5-8-13/h9-13,15,17H,2-8H2,1H3/b10-9+. The second kappa shape index (κ2) is 7.10. The second-order valence-corrected chi connectivity index (χ2v) is 6.45. The number of hydrogen-bond acceptors (Lipinski definition) is 2. The average molecular weight is 264 g/mol. The van der Waals surface area contributed by atoms with Gasteiger partial charge in [0.15, 0.2) is 0 Å². The van der Waals surface area contributed by atoms with E-state index in [0.29, 0.717) is 0 Å². The van der Waals surface area contributed by atoms with Gasteiger partial charge >= 0.3 is 0 Å². The highest BCUT2D eigenvalue weighted by atomic mass is 32.1. The van der Waals surface area contributed by atoms with Crippen LogP contribution >= 0.6 is 11.3 Å². The van der Waals surface area contributed by atoms with Gasteiger partial charge in [0.1, 0.15) is 0 Å². The summed E-state index contributed by atoms with van der Waals surface area (Å²) in [6.07, 6.45) is 13.2. The molecule has 1 fully saturated rings. The van der Waals surface area contributed by atoms with E-state index >= 15 is 0 Å². The molecule has 1 unspecified atom stereocenters. The van der Waals surface area contributed by atoms with Gasteiger partial charge in [-0.3, -0.25) is 0 Å². The molecular weight excluding hydrogens is 240 g/mol. The molecule has 1 aromatic heterocycles. The zero-order chi connectivity index (χ0) is 12.8. The van der Waals surface area contributed by atoms with Crippen LogP contribution in [0, 0.1) is 5.92 Å². The maximum atomic E-state index is 9.94. The largest absolute Gasteiger partial charge is 0.388 e. The number of rotatable bonds is 5. The van der Waals surface area contributed by atoms with Crippen LogP contribution in [0.4, 0.5) is 0 Å². The summed E-state index contributed by atoms with van der Waals surface area (Å²) in [5, 5.41) is 9.94. The Morgan fingerprint density at radius 2 is 2.11 bits per heavy atom.